The zero-order valence-electron chi connectivity index (χ0n) is 10.9. The molecule has 1 atom stereocenters. The molecule has 20 heavy (non-hydrogen) atoms. The van der Waals surface area contributed by atoms with E-state index < -0.39 is 11.8 Å². The number of fused-ring (bicyclic) bond motifs is 1. The fourth-order valence-corrected chi connectivity index (χ4v) is 2.64. The average Bonchev–Trinajstić information content (AvgIpc) is 2.45. The van der Waals surface area contributed by atoms with Gasteiger partial charge in [-0.3, -0.25) is 19.7 Å². The maximum absolute atomic E-state index is 12.4. The second-order valence-corrected chi connectivity index (χ2v) is 5.07. The molecule has 3 amide bonds. The van der Waals surface area contributed by atoms with Gasteiger partial charge in [-0.2, -0.15) is 0 Å². The maximum atomic E-state index is 12.4. The van der Waals surface area contributed by atoms with Crippen LogP contribution in [0.3, 0.4) is 0 Å². The number of imide groups is 1. The molecule has 2 N–H and O–H groups in total. The van der Waals surface area contributed by atoms with Gasteiger partial charge in [0.1, 0.15) is 13.1 Å². The summed E-state index contributed by atoms with van der Waals surface area (Å²) in [6, 6.07) is 7.58. The van der Waals surface area contributed by atoms with Crippen molar-refractivity contribution in [2.24, 2.45) is 0 Å². The van der Waals surface area contributed by atoms with E-state index in [4.69, 9.17) is 0 Å². The van der Waals surface area contributed by atoms with Gasteiger partial charge in [0, 0.05) is 6.54 Å². The Morgan fingerprint density at radius 2 is 1.75 bits per heavy atom. The van der Waals surface area contributed by atoms with Gasteiger partial charge in [-0.25, -0.2) is 0 Å². The lowest BCUT2D eigenvalue weighted by Crippen LogP contribution is -2.58. The third kappa shape index (κ3) is 2.42. The summed E-state index contributed by atoms with van der Waals surface area (Å²) in [5.41, 5.74) is 2.32. The predicted molar refractivity (Wildman–Crippen MR) is 70.5 cm³/mol. The van der Waals surface area contributed by atoms with Crippen molar-refractivity contribution in [3.05, 3.63) is 35.4 Å². The van der Waals surface area contributed by atoms with E-state index in [1.165, 1.54) is 10.5 Å². The molecule has 104 valence electrons. The molecule has 0 spiro atoms. The van der Waals surface area contributed by atoms with Crippen molar-refractivity contribution < 1.29 is 14.4 Å². The Balaban J connectivity index is 1.73. The van der Waals surface area contributed by atoms with Gasteiger partial charge in [-0.15, -0.1) is 0 Å². The molecular weight excluding hydrogens is 258 g/mol. The summed E-state index contributed by atoms with van der Waals surface area (Å²) in [6.07, 6.45) is 0.585. The molecule has 1 unspecified atom stereocenters. The number of nitrogens with zero attached hydrogens (tertiary/aromatic N) is 1. The molecule has 1 fully saturated rings. The van der Waals surface area contributed by atoms with E-state index in [0.29, 0.717) is 13.0 Å². The standard InChI is InChI=1S/C14H15N3O3/c18-12-7-17(8-13(19)16-12)14(20)11-5-9-3-1-2-4-10(9)6-15-11/h1-4,11,15H,5-8H2,(H,16,18,19). The Morgan fingerprint density at radius 3 is 2.45 bits per heavy atom. The highest BCUT2D eigenvalue weighted by Gasteiger charge is 2.32. The van der Waals surface area contributed by atoms with Crippen LogP contribution in [0.25, 0.3) is 0 Å². The minimum Gasteiger partial charge on any atom is -0.323 e. The van der Waals surface area contributed by atoms with Gasteiger partial charge < -0.3 is 10.2 Å². The van der Waals surface area contributed by atoms with Gasteiger partial charge in [-0.1, -0.05) is 24.3 Å². The molecule has 0 aromatic heterocycles. The quantitative estimate of drug-likeness (QED) is 0.656. The number of carbonyl (C=O) groups excluding carboxylic acids is 3. The number of hydrogen-bond acceptors (Lipinski definition) is 4. The molecule has 0 bridgehead atoms. The zero-order chi connectivity index (χ0) is 14.1. The van der Waals surface area contributed by atoms with Crippen molar-refractivity contribution >= 4 is 17.7 Å². The Morgan fingerprint density at radius 1 is 1.10 bits per heavy atom. The Kier molecular flexibility index (Phi) is 3.23. The summed E-state index contributed by atoms with van der Waals surface area (Å²) in [5.74, 6) is -1.04. The van der Waals surface area contributed by atoms with Crippen molar-refractivity contribution in [1.82, 2.24) is 15.5 Å². The number of piperazine rings is 1. The van der Waals surface area contributed by atoms with E-state index in [1.807, 2.05) is 24.3 Å². The molecule has 0 saturated carbocycles. The molecule has 1 aromatic rings. The van der Waals surface area contributed by atoms with E-state index in [2.05, 4.69) is 10.6 Å². The minimum atomic E-state index is -0.425. The molecule has 2 aliphatic rings. The molecule has 3 rings (SSSR count). The van der Waals surface area contributed by atoms with Gasteiger partial charge in [-0.05, 0) is 17.5 Å². The van der Waals surface area contributed by atoms with Crippen molar-refractivity contribution in [1.29, 1.82) is 0 Å². The van der Waals surface area contributed by atoms with Gasteiger partial charge >= 0.3 is 0 Å². The van der Waals surface area contributed by atoms with Crippen molar-refractivity contribution in [2.45, 2.75) is 19.0 Å². The molecule has 0 radical (unpaired) electrons. The van der Waals surface area contributed by atoms with Crippen LogP contribution in [0.1, 0.15) is 11.1 Å². The van der Waals surface area contributed by atoms with Crippen LogP contribution in [0, 0.1) is 0 Å². The van der Waals surface area contributed by atoms with Gasteiger partial charge in [0.2, 0.25) is 17.7 Å². The van der Waals surface area contributed by atoms with E-state index in [9.17, 15) is 14.4 Å². The highest BCUT2D eigenvalue weighted by molar-refractivity contribution is 6.03. The first-order chi connectivity index (χ1) is 9.63. The molecule has 1 saturated heterocycles. The lowest BCUT2D eigenvalue weighted by molar-refractivity contribution is -0.146. The summed E-state index contributed by atoms with van der Waals surface area (Å²) in [7, 11) is 0. The molecule has 1 aromatic carbocycles. The first-order valence-corrected chi connectivity index (χ1v) is 6.55. The lowest BCUT2D eigenvalue weighted by atomic mass is 9.95. The number of hydrogen-bond donors (Lipinski definition) is 2. The van der Waals surface area contributed by atoms with Crippen LogP contribution in [-0.4, -0.2) is 41.8 Å². The smallest absolute Gasteiger partial charge is 0.246 e. The van der Waals surface area contributed by atoms with Crippen LogP contribution in [0.5, 0.6) is 0 Å². The second kappa shape index (κ2) is 5.05. The predicted octanol–water partition coefficient (Wildman–Crippen LogP) is -0.814. The van der Waals surface area contributed by atoms with E-state index >= 15 is 0 Å². The highest BCUT2D eigenvalue weighted by atomic mass is 16.2. The van der Waals surface area contributed by atoms with Crippen LogP contribution in [0.15, 0.2) is 24.3 Å². The number of rotatable bonds is 1. The van der Waals surface area contributed by atoms with Crippen molar-refractivity contribution in [3.63, 3.8) is 0 Å². The fourth-order valence-electron chi connectivity index (χ4n) is 2.64. The number of nitrogens with one attached hydrogen (secondary N) is 2. The Labute approximate surface area is 116 Å². The zero-order valence-corrected chi connectivity index (χ0v) is 10.9. The van der Waals surface area contributed by atoms with Crippen LogP contribution in [0.4, 0.5) is 0 Å². The first kappa shape index (κ1) is 12.8. The maximum Gasteiger partial charge on any atom is 0.246 e. The number of amides is 3. The number of benzene rings is 1. The lowest BCUT2D eigenvalue weighted by Gasteiger charge is -2.32. The summed E-state index contributed by atoms with van der Waals surface area (Å²) in [5, 5.41) is 5.36. The third-order valence-corrected chi connectivity index (χ3v) is 3.64. The molecule has 2 aliphatic heterocycles. The SMILES string of the molecule is O=C1CN(C(=O)C2Cc3ccccc3CN2)CC(=O)N1. The highest BCUT2D eigenvalue weighted by Crippen LogP contribution is 2.17. The number of carbonyl (C=O) groups is 3. The first-order valence-electron chi connectivity index (χ1n) is 6.55. The Bertz CT molecular complexity index is 569. The van der Waals surface area contributed by atoms with Gasteiger partial charge in [0.15, 0.2) is 0 Å². The van der Waals surface area contributed by atoms with Crippen molar-refractivity contribution in [3.8, 4) is 0 Å². The molecule has 6 nitrogen and oxygen atoms in total. The van der Waals surface area contributed by atoms with E-state index in [-0.39, 0.29) is 25.0 Å². The molecule has 2 heterocycles. The van der Waals surface area contributed by atoms with Crippen LogP contribution in [-0.2, 0) is 27.3 Å². The molecular formula is C14H15N3O3. The van der Waals surface area contributed by atoms with Crippen LogP contribution in [0.2, 0.25) is 0 Å². The summed E-state index contributed by atoms with van der Waals surface area (Å²) in [4.78, 5) is 36.3. The molecule has 6 heteroatoms. The average molecular weight is 273 g/mol. The minimum absolute atomic E-state index is 0.0512. The van der Waals surface area contributed by atoms with Gasteiger partial charge in [0.05, 0.1) is 6.04 Å². The topological polar surface area (TPSA) is 78.5 Å². The summed E-state index contributed by atoms with van der Waals surface area (Å²) < 4.78 is 0. The van der Waals surface area contributed by atoms with E-state index in [0.717, 1.165) is 5.56 Å². The second-order valence-electron chi connectivity index (χ2n) is 5.07. The summed E-state index contributed by atoms with van der Waals surface area (Å²) in [6.45, 7) is 0.523. The van der Waals surface area contributed by atoms with Crippen molar-refractivity contribution in [2.75, 3.05) is 13.1 Å². The normalized spacial score (nSPS) is 22.2. The Hall–Kier alpha value is -2.21. The van der Waals surface area contributed by atoms with Gasteiger partial charge in [0.25, 0.3) is 0 Å². The summed E-state index contributed by atoms with van der Waals surface area (Å²) >= 11 is 0. The van der Waals surface area contributed by atoms with E-state index in [1.54, 1.807) is 0 Å². The van der Waals surface area contributed by atoms with Crippen LogP contribution < -0.4 is 10.6 Å². The van der Waals surface area contributed by atoms with Crippen LogP contribution >= 0.6 is 0 Å². The molecule has 0 aliphatic carbocycles. The monoisotopic (exact) mass is 273 g/mol. The largest absolute Gasteiger partial charge is 0.323 e. The third-order valence-electron chi connectivity index (χ3n) is 3.64. The fraction of sp³-hybridized carbons (Fsp3) is 0.357.